The number of nitrogens with zero attached hydrogens (tertiary/aromatic N) is 2. The summed E-state index contributed by atoms with van der Waals surface area (Å²) < 4.78 is 2.00. The van der Waals surface area contributed by atoms with Crippen molar-refractivity contribution in [2.45, 2.75) is 6.42 Å². The Bertz CT molecular complexity index is 465. The van der Waals surface area contributed by atoms with E-state index in [2.05, 4.69) is 22.0 Å². The van der Waals surface area contributed by atoms with Gasteiger partial charge in [0, 0.05) is 25.0 Å². The van der Waals surface area contributed by atoms with E-state index in [0.29, 0.717) is 6.61 Å². The Morgan fingerprint density at radius 2 is 2.19 bits per heavy atom. The molecule has 0 saturated carbocycles. The molecular weight excluding hydrogens is 202 g/mol. The number of imidazole rings is 1. The highest BCUT2D eigenvalue weighted by Gasteiger charge is 2.08. The van der Waals surface area contributed by atoms with Crippen LogP contribution in [0.3, 0.4) is 0 Å². The van der Waals surface area contributed by atoms with Crippen LogP contribution < -0.4 is 5.90 Å². The maximum Gasteiger partial charge on any atom is 0.139 e. The van der Waals surface area contributed by atoms with E-state index in [1.54, 1.807) is 6.20 Å². The van der Waals surface area contributed by atoms with E-state index >= 15 is 0 Å². The van der Waals surface area contributed by atoms with Gasteiger partial charge in [0.2, 0.25) is 0 Å². The number of benzene rings is 1. The van der Waals surface area contributed by atoms with Crippen molar-refractivity contribution < 1.29 is 4.84 Å². The molecule has 1 heterocycles. The molecule has 2 aromatic rings. The molecule has 16 heavy (non-hydrogen) atoms. The summed E-state index contributed by atoms with van der Waals surface area (Å²) in [6, 6.07) is 8.16. The minimum absolute atomic E-state index is 0.515. The second kappa shape index (κ2) is 4.92. The Labute approximate surface area is 94.6 Å². The molecular formula is C12H15N3O. The van der Waals surface area contributed by atoms with Crippen LogP contribution in [-0.2, 0) is 18.3 Å². The largest absolute Gasteiger partial charge is 0.334 e. The zero-order valence-electron chi connectivity index (χ0n) is 9.26. The molecule has 2 N–H and O–H groups in total. The van der Waals surface area contributed by atoms with Gasteiger partial charge in [-0.05, 0) is 12.0 Å². The van der Waals surface area contributed by atoms with Crippen LogP contribution in [0.4, 0.5) is 0 Å². The van der Waals surface area contributed by atoms with Gasteiger partial charge in [-0.15, -0.1) is 0 Å². The van der Waals surface area contributed by atoms with Gasteiger partial charge in [0.05, 0.1) is 6.61 Å². The smallest absolute Gasteiger partial charge is 0.139 e. The Kier molecular flexibility index (Phi) is 3.34. The normalized spacial score (nSPS) is 10.6. The standard InChI is InChI=1S/C12H15N3O/c1-15-8-7-14-12(15)11-5-3-2-4-10(11)6-9-16-13/h2-5,7-8H,6,9,13H2,1H3. The third kappa shape index (κ3) is 2.13. The zero-order valence-corrected chi connectivity index (χ0v) is 9.26. The van der Waals surface area contributed by atoms with Gasteiger partial charge in [-0.1, -0.05) is 24.3 Å². The molecule has 1 aromatic heterocycles. The third-order valence-electron chi connectivity index (χ3n) is 2.57. The summed E-state index contributed by atoms with van der Waals surface area (Å²) in [6.07, 6.45) is 4.52. The quantitative estimate of drug-likeness (QED) is 0.790. The highest BCUT2D eigenvalue weighted by Crippen LogP contribution is 2.21. The van der Waals surface area contributed by atoms with E-state index in [1.165, 1.54) is 5.56 Å². The van der Waals surface area contributed by atoms with E-state index < -0.39 is 0 Å². The Morgan fingerprint density at radius 1 is 1.38 bits per heavy atom. The molecule has 2 rings (SSSR count). The predicted molar refractivity (Wildman–Crippen MR) is 62.5 cm³/mol. The lowest BCUT2D eigenvalue weighted by Crippen LogP contribution is -2.05. The second-order valence-electron chi connectivity index (χ2n) is 3.64. The summed E-state index contributed by atoms with van der Waals surface area (Å²) >= 11 is 0. The molecule has 0 saturated heterocycles. The molecule has 4 nitrogen and oxygen atoms in total. The van der Waals surface area contributed by atoms with Crippen LogP contribution in [0.1, 0.15) is 5.56 Å². The van der Waals surface area contributed by atoms with E-state index in [4.69, 9.17) is 5.90 Å². The van der Waals surface area contributed by atoms with Crippen molar-refractivity contribution in [1.29, 1.82) is 0 Å². The number of nitrogens with two attached hydrogens (primary N) is 1. The lowest BCUT2D eigenvalue weighted by Gasteiger charge is -2.08. The van der Waals surface area contributed by atoms with Gasteiger partial charge in [0.15, 0.2) is 0 Å². The molecule has 0 aliphatic rings. The summed E-state index contributed by atoms with van der Waals surface area (Å²) in [5.41, 5.74) is 2.33. The minimum atomic E-state index is 0.515. The number of rotatable bonds is 4. The van der Waals surface area contributed by atoms with Crippen LogP contribution in [-0.4, -0.2) is 16.2 Å². The average Bonchev–Trinajstić information content (AvgIpc) is 2.73. The molecule has 0 spiro atoms. The van der Waals surface area contributed by atoms with Gasteiger partial charge in [-0.25, -0.2) is 10.9 Å². The number of hydrogen-bond acceptors (Lipinski definition) is 3. The molecule has 0 radical (unpaired) electrons. The molecule has 84 valence electrons. The fourth-order valence-electron chi connectivity index (χ4n) is 1.75. The van der Waals surface area contributed by atoms with Crippen molar-refractivity contribution in [3.8, 4) is 11.4 Å². The highest BCUT2D eigenvalue weighted by molar-refractivity contribution is 5.60. The Balaban J connectivity index is 2.37. The number of aryl methyl sites for hydroxylation is 1. The van der Waals surface area contributed by atoms with Gasteiger partial charge < -0.3 is 9.40 Å². The summed E-state index contributed by atoms with van der Waals surface area (Å²) in [7, 11) is 1.98. The minimum Gasteiger partial charge on any atom is -0.334 e. The lowest BCUT2D eigenvalue weighted by molar-refractivity contribution is 0.141. The first-order chi connectivity index (χ1) is 7.83. The van der Waals surface area contributed by atoms with Gasteiger partial charge in [0.25, 0.3) is 0 Å². The molecule has 4 heteroatoms. The van der Waals surface area contributed by atoms with Crippen molar-refractivity contribution in [3.05, 3.63) is 42.2 Å². The van der Waals surface area contributed by atoms with Crippen LogP contribution in [0, 0.1) is 0 Å². The molecule has 0 atom stereocenters. The summed E-state index contributed by atoms with van der Waals surface area (Å²) in [6.45, 7) is 0.515. The van der Waals surface area contributed by atoms with Gasteiger partial charge in [-0.2, -0.15) is 0 Å². The van der Waals surface area contributed by atoms with Crippen LogP contribution in [0.15, 0.2) is 36.7 Å². The van der Waals surface area contributed by atoms with Crippen LogP contribution in [0.5, 0.6) is 0 Å². The van der Waals surface area contributed by atoms with Crippen LogP contribution >= 0.6 is 0 Å². The molecule has 0 aliphatic carbocycles. The number of hydrogen-bond donors (Lipinski definition) is 1. The van der Waals surface area contributed by atoms with E-state index in [0.717, 1.165) is 17.8 Å². The number of aromatic nitrogens is 2. The second-order valence-corrected chi connectivity index (χ2v) is 3.64. The molecule has 0 unspecified atom stereocenters. The molecule has 0 bridgehead atoms. The Hall–Kier alpha value is -1.65. The fourth-order valence-corrected chi connectivity index (χ4v) is 1.75. The lowest BCUT2D eigenvalue weighted by atomic mass is 10.0. The van der Waals surface area contributed by atoms with Gasteiger partial charge >= 0.3 is 0 Å². The topological polar surface area (TPSA) is 53.1 Å². The van der Waals surface area contributed by atoms with Crippen LogP contribution in [0.2, 0.25) is 0 Å². The van der Waals surface area contributed by atoms with Crippen molar-refractivity contribution in [3.63, 3.8) is 0 Å². The molecule has 0 aliphatic heterocycles. The average molecular weight is 217 g/mol. The van der Waals surface area contributed by atoms with Gasteiger partial charge in [0.1, 0.15) is 5.82 Å². The summed E-state index contributed by atoms with van der Waals surface area (Å²) in [4.78, 5) is 8.97. The van der Waals surface area contributed by atoms with Crippen molar-refractivity contribution in [2.75, 3.05) is 6.61 Å². The monoisotopic (exact) mass is 217 g/mol. The predicted octanol–water partition coefficient (Wildman–Crippen LogP) is 1.52. The SMILES string of the molecule is Cn1ccnc1-c1ccccc1CCON. The maximum absolute atomic E-state index is 5.05. The third-order valence-corrected chi connectivity index (χ3v) is 2.57. The van der Waals surface area contributed by atoms with Gasteiger partial charge in [-0.3, -0.25) is 0 Å². The highest BCUT2D eigenvalue weighted by atomic mass is 16.6. The molecule has 0 amide bonds. The fraction of sp³-hybridized carbons (Fsp3) is 0.250. The summed E-state index contributed by atoms with van der Waals surface area (Å²) in [5.74, 6) is 6.02. The first kappa shape index (κ1) is 10.9. The van der Waals surface area contributed by atoms with E-state index in [-0.39, 0.29) is 0 Å². The van der Waals surface area contributed by atoms with Crippen molar-refractivity contribution in [2.24, 2.45) is 12.9 Å². The zero-order chi connectivity index (χ0) is 11.4. The first-order valence-electron chi connectivity index (χ1n) is 5.20. The van der Waals surface area contributed by atoms with Crippen molar-refractivity contribution >= 4 is 0 Å². The van der Waals surface area contributed by atoms with Crippen molar-refractivity contribution in [1.82, 2.24) is 9.55 Å². The molecule has 0 fully saturated rings. The molecule has 1 aromatic carbocycles. The van der Waals surface area contributed by atoms with Crippen LogP contribution in [0.25, 0.3) is 11.4 Å². The Morgan fingerprint density at radius 3 is 2.88 bits per heavy atom. The first-order valence-corrected chi connectivity index (χ1v) is 5.20. The maximum atomic E-state index is 5.05. The van der Waals surface area contributed by atoms with E-state index in [9.17, 15) is 0 Å². The van der Waals surface area contributed by atoms with E-state index in [1.807, 2.05) is 29.9 Å². The summed E-state index contributed by atoms with van der Waals surface area (Å²) in [5, 5.41) is 0.